The zero-order chi connectivity index (χ0) is 25.9. The number of nitrogens with one attached hydrogen (secondary N) is 1. The quantitative estimate of drug-likeness (QED) is 0.520. The molecule has 38 heavy (non-hydrogen) atoms. The Morgan fingerprint density at radius 3 is 2.42 bits per heavy atom. The predicted molar refractivity (Wildman–Crippen MR) is 148 cm³/mol. The van der Waals surface area contributed by atoms with Crippen LogP contribution in [0.1, 0.15) is 48.9 Å². The summed E-state index contributed by atoms with van der Waals surface area (Å²) in [6, 6.07) is 10.7. The summed E-state index contributed by atoms with van der Waals surface area (Å²) in [5.74, 6) is 1.59. The molecule has 8 nitrogen and oxygen atoms in total. The van der Waals surface area contributed by atoms with Crippen LogP contribution in [0.25, 0.3) is 0 Å². The van der Waals surface area contributed by atoms with Gasteiger partial charge in [-0.05, 0) is 61.1 Å². The summed E-state index contributed by atoms with van der Waals surface area (Å²) >= 11 is 1.44. The van der Waals surface area contributed by atoms with Gasteiger partial charge < -0.3 is 20.2 Å². The van der Waals surface area contributed by atoms with E-state index in [-0.39, 0.29) is 18.1 Å². The number of pyridine rings is 1. The molecule has 2 aliphatic carbocycles. The molecule has 1 saturated heterocycles. The van der Waals surface area contributed by atoms with Gasteiger partial charge in [-0.25, -0.2) is 15.0 Å². The van der Waals surface area contributed by atoms with E-state index in [1.165, 1.54) is 22.9 Å². The highest BCUT2D eigenvalue weighted by atomic mass is 32.2. The number of rotatable bonds is 4. The Labute approximate surface area is 226 Å². The average molecular weight is 529 g/mol. The van der Waals surface area contributed by atoms with Crippen LogP contribution >= 0.6 is 11.8 Å². The van der Waals surface area contributed by atoms with Crippen molar-refractivity contribution in [2.45, 2.75) is 67.0 Å². The molecule has 3 aromatic rings. The number of hydrogen-bond donors (Lipinski definition) is 2. The zero-order valence-electron chi connectivity index (χ0n) is 21.6. The number of anilines is 3. The normalized spacial score (nSPS) is 20.7. The fourth-order valence-electron chi connectivity index (χ4n) is 6.63. The van der Waals surface area contributed by atoms with Gasteiger partial charge in [0.25, 0.3) is 0 Å². The van der Waals surface area contributed by atoms with Crippen molar-refractivity contribution in [3.63, 3.8) is 0 Å². The van der Waals surface area contributed by atoms with Gasteiger partial charge in [0, 0.05) is 31.2 Å². The maximum atomic E-state index is 12.7. The topological polar surface area (TPSA) is 94.5 Å². The summed E-state index contributed by atoms with van der Waals surface area (Å²) in [5.41, 5.74) is 4.57. The standard InChI is InChI=1S/C29H32N6O2S/c1-34-27-25(33-23(37)16-29(34)7-8-29)22(6-11-30-27)38-24-17-31-26(21(18-36)32-24)35-12-9-28(10-13-35)14-19-4-2-3-5-20(19)15-28/h2-6,11,17,36H,7-10,12-16,18H2,1H3,(H,33,37). The van der Waals surface area contributed by atoms with Gasteiger partial charge in [-0.1, -0.05) is 36.0 Å². The molecular weight excluding hydrogens is 496 g/mol. The fourth-order valence-corrected chi connectivity index (χ4v) is 7.49. The molecule has 2 aromatic heterocycles. The van der Waals surface area contributed by atoms with Gasteiger partial charge in [0.1, 0.15) is 10.7 Å². The van der Waals surface area contributed by atoms with E-state index >= 15 is 0 Å². The van der Waals surface area contributed by atoms with Crippen LogP contribution in [-0.2, 0) is 24.2 Å². The molecule has 1 amide bonds. The van der Waals surface area contributed by atoms with Crippen molar-refractivity contribution in [2.24, 2.45) is 5.41 Å². The van der Waals surface area contributed by atoms with Crippen molar-refractivity contribution in [2.75, 3.05) is 35.3 Å². The van der Waals surface area contributed by atoms with Gasteiger partial charge in [-0.3, -0.25) is 4.79 Å². The van der Waals surface area contributed by atoms with E-state index in [0.717, 1.165) is 73.8 Å². The Balaban J connectivity index is 1.10. The van der Waals surface area contributed by atoms with Gasteiger partial charge >= 0.3 is 0 Å². The van der Waals surface area contributed by atoms with Crippen molar-refractivity contribution in [1.29, 1.82) is 0 Å². The minimum absolute atomic E-state index is 0.0219. The van der Waals surface area contributed by atoms with Gasteiger partial charge in [-0.2, -0.15) is 0 Å². The minimum Gasteiger partial charge on any atom is -0.390 e. The van der Waals surface area contributed by atoms with Crippen LogP contribution < -0.4 is 15.1 Å². The molecule has 0 radical (unpaired) electrons. The monoisotopic (exact) mass is 528 g/mol. The van der Waals surface area contributed by atoms with Gasteiger partial charge in [0.05, 0.1) is 30.5 Å². The van der Waals surface area contributed by atoms with Crippen LogP contribution in [0, 0.1) is 5.41 Å². The Bertz CT molecular complexity index is 1390. The van der Waals surface area contributed by atoms with Crippen molar-refractivity contribution < 1.29 is 9.90 Å². The van der Waals surface area contributed by atoms with Gasteiger partial charge in [-0.15, -0.1) is 0 Å². The number of aromatic nitrogens is 3. The molecule has 0 bridgehead atoms. The molecule has 0 atom stereocenters. The molecule has 7 rings (SSSR count). The molecule has 2 spiro atoms. The first-order valence-corrected chi connectivity index (χ1v) is 14.3. The number of aliphatic hydroxyl groups excluding tert-OH is 1. The SMILES string of the molecule is CN1c2nccc(Sc3cnc(N4CCC5(CC4)Cc4ccccc4C5)c(CO)n3)c2NC(=O)CC12CC2. The number of fused-ring (bicyclic) bond motifs is 2. The smallest absolute Gasteiger partial charge is 0.226 e. The van der Waals surface area contributed by atoms with Crippen molar-refractivity contribution in [3.05, 3.63) is 59.5 Å². The highest BCUT2D eigenvalue weighted by Gasteiger charge is 2.50. The van der Waals surface area contributed by atoms with Crippen molar-refractivity contribution in [1.82, 2.24) is 15.0 Å². The van der Waals surface area contributed by atoms with E-state index in [1.807, 2.05) is 13.1 Å². The number of nitrogens with zero attached hydrogens (tertiary/aromatic N) is 5. The van der Waals surface area contributed by atoms with Crippen molar-refractivity contribution in [3.8, 4) is 0 Å². The maximum Gasteiger partial charge on any atom is 0.226 e. The molecule has 2 N–H and O–H groups in total. The number of amides is 1. The fraction of sp³-hybridized carbons (Fsp3) is 0.448. The highest BCUT2D eigenvalue weighted by Crippen LogP contribution is 2.51. The molecule has 9 heteroatoms. The molecule has 4 aliphatic rings. The van der Waals surface area contributed by atoms with Gasteiger partial charge in [0.15, 0.2) is 11.6 Å². The van der Waals surface area contributed by atoms with Gasteiger partial charge in [0.2, 0.25) is 5.91 Å². The lowest BCUT2D eigenvalue weighted by Gasteiger charge is -2.40. The Hall–Kier alpha value is -3.17. The maximum absolute atomic E-state index is 12.7. The second-order valence-electron chi connectivity index (χ2n) is 11.4. The van der Waals surface area contributed by atoms with Crippen LogP contribution in [0.15, 0.2) is 52.6 Å². The third-order valence-corrected chi connectivity index (χ3v) is 10.0. The van der Waals surface area contributed by atoms with E-state index < -0.39 is 0 Å². The van der Waals surface area contributed by atoms with E-state index in [1.54, 1.807) is 12.4 Å². The number of carbonyl (C=O) groups is 1. The Morgan fingerprint density at radius 1 is 1.00 bits per heavy atom. The second-order valence-corrected chi connectivity index (χ2v) is 12.4. The van der Waals surface area contributed by atoms with Crippen molar-refractivity contribution >= 4 is 35.0 Å². The first kappa shape index (κ1) is 23.9. The third-order valence-electron chi connectivity index (χ3n) is 9.04. The average Bonchev–Trinajstić information content (AvgIpc) is 3.63. The molecular formula is C29H32N6O2S. The van der Waals surface area contributed by atoms with E-state index in [0.29, 0.717) is 22.6 Å². The first-order chi connectivity index (χ1) is 18.5. The molecule has 1 saturated carbocycles. The number of carbonyl (C=O) groups excluding carboxylic acids is 1. The van der Waals surface area contributed by atoms with Crippen LogP contribution in [0.3, 0.4) is 0 Å². The Morgan fingerprint density at radius 2 is 1.74 bits per heavy atom. The van der Waals surface area contributed by atoms with E-state index in [2.05, 4.69) is 44.4 Å². The lowest BCUT2D eigenvalue weighted by Crippen LogP contribution is -2.41. The molecule has 4 heterocycles. The zero-order valence-corrected chi connectivity index (χ0v) is 22.4. The Kier molecular flexibility index (Phi) is 5.63. The van der Waals surface area contributed by atoms with E-state index in [9.17, 15) is 9.90 Å². The summed E-state index contributed by atoms with van der Waals surface area (Å²) in [6.07, 6.45) is 10.6. The first-order valence-electron chi connectivity index (χ1n) is 13.5. The summed E-state index contributed by atoms with van der Waals surface area (Å²) in [5, 5.41) is 14.0. The summed E-state index contributed by atoms with van der Waals surface area (Å²) < 4.78 is 0. The summed E-state index contributed by atoms with van der Waals surface area (Å²) in [4.78, 5) is 32.2. The number of benzene rings is 1. The third kappa shape index (κ3) is 4.03. The molecule has 196 valence electrons. The molecule has 1 aromatic carbocycles. The van der Waals surface area contributed by atoms with Crippen LogP contribution in [0.2, 0.25) is 0 Å². The largest absolute Gasteiger partial charge is 0.390 e. The van der Waals surface area contributed by atoms with Crippen LogP contribution in [-0.4, -0.2) is 51.6 Å². The number of piperidine rings is 1. The molecule has 0 unspecified atom stereocenters. The minimum atomic E-state index is -0.166. The summed E-state index contributed by atoms with van der Waals surface area (Å²) in [7, 11) is 2.03. The molecule has 2 aliphatic heterocycles. The van der Waals surface area contributed by atoms with Crippen LogP contribution in [0.5, 0.6) is 0 Å². The van der Waals surface area contributed by atoms with E-state index in [4.69, 9.17) is 9.97 Å². The lowest BCUT2D eigenvalue weighted by atomic mass is 9.76. The lowest BCUT2D eigenvalue weighted by molar-refractivity contribution is -0.116. The molecule has 2 fully saturated rings. The summed E-state index contributed by atoms with van der Waals surface area (Å²) in [6.45, 7) is 1.67. The van der Waals surface area contributed by atoms with Crippen LogP contribution in [0.4, 0.5) is 17.3 Å². The second kappa shape index (κ2) is 8.95. The highest BCUT2D eigenvalue weighted by molar-refractivity contribution is 7.99. The number of hydrogen-bond acceptors (Lipinski definition) is 8. The predicted octanol–water partition coefficient (Wildman–Crippen LogP) is 4.21. The number of aliphatic hydroxyl groups is 1.